The molecular formula is C26H25N3O2S. The highest BCUT2D eigenvalue weighted by atomic mass is 32.2. The van der Waals surface area contributed by atoms with Crippen LogP contribution in [-0.2, 0) is 5.75 Å². The van der Waals surface area contributed by atoms with Crippen LogP contribution in [0.25, 0.3) is 5.57 Å². The molecule has 162 valence electrons. The van der Waals surface area contributed by atoms with Crippen LogP contribution in [0.5, 0.6) is 0 Å². The van der Waals surface area contributed by atoms with Gasteiger partial charge in [-0.1, -0.05) is 48.5 Å². The number of hydrogen-bond acceptors (Lipinski definition) is 5. The maximum atomic E-state index is 11.5. The molecule has 0 atom stereocenters. The Labute approximate surface area is 192 Å². The van der Waals surface area contributed by atoms with Gasteiger partial charge in [-0.2, -0.15) is 0 Å². The Balaban J connectivity index is 1.35. The summed E-state index contributed by atoms with van der Waals surface area (Å²) < 4.78 is 0. The number of anilines is 1. The average Bonchev–Trinajstić information content (AvgIpc) is 3.00. The molecule has 5 rings (SSSR count). The quantitative estimate of drug-likeness (QED) is 0.634. The summed E-state index contributed by atoms with van der Waals surface area (Å²) >= 11 is 1.90. The third-order valence-electron chi connectivity index (χ3n) is 6.11. The predicted molar refractivity (Wildman–Crippen MR) is 129 cm³/mol. The van der Waals surface area contributed by atoms with Crippen molar-refractivity contribution in [2.75, 3.05) is 37.6 Å². The highest BCUT2D eigenvalue weighted by molar-refractivity contribution is 7.98. The predicted octanol–water partition coefficient (Wildman–Crippen LogP) is 4.64. The van der Waals surface area contributed by atoms with E-state index in [9.17, 15) is 9.90 Å². The fourth-order valence-corrected chi connectivity index (χ4v) is 5.49. The van der Waals surface area contributed by atoms with Gasteiger partial charge in [0.05, 0.1) is 0 Å². The van der Waals surface area contributed by atoms with Crippen molar-refractivity contribution in [1.29, 1.82) is 0 Å². The highest BCUT2D eigenvalue weighted by Crippen LogP contribution is 2.39. The van der Waals surface area contributed by atoms with E-state index in [-0.39, 0.29) is 5.56 Å². The fraction of sp³-hybridized carbons (Fsp3) is 0.231. The first kappa shape index (κ1) is 20.8. The Morgan fingerprint density at radius 1 is 0.969 bits per heavy atom. The summed E-state index contributed by atoms with van der Waals surface area (Å²) in [6.45, 7) is 4.15. The second-order valence-electron chi connectivity index (χ2n) is 8.03. The minimum atomic E-state index is -0.927. The maximum absolute atomic E-state index is 11.5. The molecule has 5 nitrogen and oxygen atoms in total. The summed E-state index contributed by atoms with van der Waals surface area (Å²) in [5.41, 5.74) is 5.58. The van der Waals surface area contributed by atoms with Crippen LogP contribution in [0.2, 0.25) is 0 Å². The van der Waals surface area contributed by atoms with E-state index in [1.165, 1.54) is 27.2 Å². The molecular weight excluding hydrogens is 418 g/mol. The van der Waals surface area contributed by atoms with Crippen molar-refractivity contribution >= 4 is 29.1 Å². The minimum absolute atomic E-state index is 0.271. The Hall–Kier alpha value is -3.09. The van der Waals surface area contributed by atoms with E-state index in [2.05, 4.69) is 69.4 Å². The van der Waals surface area contributed by atoms with Crippen LogP contribution in [0.4, 0.5) is 5.82 Å². The number of nitrogens with zero attached hydrogens (tertiary/aromatic N) is 3. The fourth-order valence-electron chi connectivity index (χ4n) is 4.42. The van der Waals surface area contributed by atoms with Crippen LogP contribution in [0.3, 0.4) is 0 Å². The van der Waals surface area contributed by atoms with E-state index in [1.54, 1.807) is 18.3 Å². The van der Waals surface area contributed by atoms with Gasteiger partial charge in [-0.05, 0) is 40.5 Å². The monoisotopic (exact) mass is 443 g/mol. The first-order chi connectivity index (χ1) is 15.7. The van der Waals surface area contributed by atoms with Gasteiger partial charge in [-0.25, -0.2) is 9.78 Å². The molecule has 2 aliphatic heterocycles. The maximum Gasteiger partial charge on any atom is 0.339 e. The number of aromatic carboxylic acids is 1. The first-order valence-electron chi connectivity index (χ1n) is 10.9. The molecule has 0 aliphatic carbocycles. The molecule has 6 heteroatoms. The number of aromatic nitrogens is 1. The Morgan fingerprint density at radius 2 is 1.72 bits per heavy atom. The zero-order valence-electron chi connectivity index (χ0n) is 17.8. The van der Waals surface area contributed by atoms with Gasteiger partial charge >= 0.3 is 5.97 Å². The lowest BCUT2D eigenvalue weighted by atomic mass is 9.94. The van der Waals surface area contributed by atoms with E-state index in [0.29, 0.717) is 5.82 Å². The van der Waals surface area contributed by atoms with Gasteiger partial charge < -0.3 is 10.0 Å². The van der Waals surface area contributed by atoms with Crippen molar-refractivity contribution in [3.05, 3.63) is 95.2 Å². The van der Waals surface area contributed by atoms with E-state index in [0.717, 1.165) is 38.5 Å². The van der Waals surface area contributed by atoms with Crippen LogP contribution in [0, 0.1) is 0 Å². The highest BCUT2D eigenvalue weighted by Gasteiger charge is 2.23. The second kappa shape index (κ2) is 9.18. The third-order valence-corrected chi connectivity index (χ3v) is 7.23. The number of hydrogen-bond donors (Lipinski definition) is 1. The van der Waals surface area contributed by atoms with E-state index in [1.807, 2.05) is 11.8 Å². The summed E-state index contributed by atoms with van der Waals surface area (Å²) in [7, 11) is 0. The largest absolute Gasteiger partial charge is 0.478 e. The molecule has 2 aromatic carbocycles. The Kier molecular flexibility index (Phi) is 5.97. The third kappa shape index (κ3) is 4.16. The van der Waals surface area contributed by atoms with Crippen molar-refractivity contribution in [2.45, 2.75) is 10.6 Å². The van der Waals surface area contributed by atoms with Crippen LogP contribution >= 0.6 is 11.8 Å². The number of fused-ring (bicyclic) bond motifs is 2. The molecule has 0 spiro atoms. The van der Waals surface area contributed by atoms with Gasteiger partial charge in [0.1, 0.15) is 11.4 Å². The normalized spacial score (nSPS) is 17.5. The smallest absolute Gasteiger partial charge is 0.339 e. The van der Waals surface area contributed by atoms with Gasteiger partial charge in [-0.15, -0.1) is 11.8 Å². The van der Waals surface area contributed by atoms with Gasteiger partial charge in [0.25, 0.3) is 0 Å². The number of carboxylic acids is 1. The molecule has 3 aromatic rings. The zero-order chi connectivity index (χ0) is 21.9. The number of pyridine rings is 1. The van der Waals surface area contributed by atoms with Crippen LogP contribution in [0.15, 0.2) is 77.8 Å². The van der Waals surface area contributed by atoms with Gasteiger partial charge in [-0.3, -0.25) is 4.90 Å². The van der Waals surface area contributed by atoms with Crippen molar-refractivity contribution < 1.29 is 9.90 Å². The number of carboxylic acid groups (broad SMARTS) is 1. The van der Waals surface area contributed by atoms with Crippen molar-refractivity contribution in [2.24, 2.45) is 0 Å². The molecule has 32 heavy (non-hydrogen) atoms. The molecule has 2 aliphatic rings. The molecule has 0 bridgehead atoms. The van der Waals surface area contributed by atoms with Gasteiger partial charge in [0.15, 0.2) is 0 Å². The number of rotatable bonds is 4. The topological polar surface area (TPSA) is 56.7 Å². The SMILES string of the molecule is O=C(O)c1cccnc1N1CCN(C/C=C2/c3ccccc3CSc3ccccc32)CC1. The number of benzene rings is 2. The molecule has 1 saturated heterocycles. The summed E-state index contributed by atoms with van der Waals surface area (Å²) in [6.07, 6.45) is 4.03. The van der Waals surface area contributed by atoms with Crippen LogP contribution < -0.4 is 4.90 Å². The van der Waals surface area contributed by atoms with Crippen molar-refractivity contribution in [1.82, 2.24) is 9.88 Å². The standard InChI is InChI=1S/C26H25N3O2S/c30-26(31)23-9-5-12-27-25(23)29-16-14-28(15-17-29)13-11-21-20-7-2-1-6-19(20)18-32-24-10-4-3-8-22(21)24/h1-12H,13-18H2,(H,30,31)/b21-11-. The summed E-state index contributed by atoms with van der Waals surface area (Å²) in [5, 5.41) is 9.47. The van der Waals surface area contributed by atoms with Crippen LogP contribution in [0.1, 0.15) is 27.0 Å². The second-order valence-corrected chi connectivity index (χ2v) is 9.04. The molecule has 0 unspecified atom stereocenters. The van der Waals surface area contributed by atoms with Crippen LogP contribution in [-0.4, -0.2) is 53.7 Å². The summed E-state index contributed by atoms with van der Waals surface area (Å²) in [6, 6.07) is 20.7. The van der Waals surface area contributed by atoms with E-state index in [4.69, 9.17) is 0 Å². The molecule has 0 radical (unpaired) electrons. The van der Waals surface area contributed by atoms with E-state index < -0.39 is 5.97 Å². The minimum Gasteiger partial charge on any atom is -0.478 e. The Morgan fingerprint density at radius 3 is 2.53 bits per heavy atom. The number of carbonyl (C=O) groups is 1. The van der Waals surface area contributed by atoms with Gasteiger partial charge in [0, 0.05) is 49.6 Å². The molecule has 1 fully saturated rings. The zero-order valence-corrected chi connectivity index (χ0v) is 18.6. The molecule has 3 heterocycles. The molecule has 0 saturated carbocycles. The lowest BCUT2D eigenvalue weighted by molar-refractivity contribution is 0.0697. The summed E-state index contributed by atoms with van der Waals surface area (Å²) in [5.74, 6) is 0.629. The Bertz CT molecular complexity index is 1120. The summed E-state index contributed by atoms with van der Waals surface area (Å²) in [4.78, 5) is 21.7. The van der Waals surface area contributed by atoms with Crippen molar-refractivity contribution in [3.63, 3.8) is 0 Å². The van der Waals surface area contributed by atoms with E-state index >= 15 is 0 Å². The number of thioether (sulfide) groups is 1. The molecule has 1 N–H and O–H groups in total. The average molecular weight is 444 g/mol. The molecule has 1 aromatic heterocycles. The number of piperazine rings is 1. The first-order valence-corrected chi connectivity index (χ1v) is 11.9. The van der Waals surface area contributed by atoms with Gasteiger partial charge in [0.2, 0.25) is 0 Å². The lowest BCUT2D eigenvalue weighted by Crippen LogP contribution is -2.47. The molecule has 0 amide bonds. The lowest BCUT2D eigenvalue weighted by Gasteiger charge is -2.35. The van der Waals surface area contributed by atoms with Crippen molar-refractivity contribution in [3.8, 4) is 0 Å².